The minimum Gasteiger partial charge on any atom is -0.493 e. The van der Waals surface area contributed by atoms with Crippen LogP contribution >= 0.6 is 0 Å². The number of carbonyl (C=O) groups is 1. The number of fused-ring (bicyclic) bond motifs is 1. The van der Waals surface area contributed by atoms with Gasteiger partial charge in [-0.15, -0.1) is 0 Å². The summed E-state index contributed by atoms with van der Waals surface area (Å²) in [6, 6.07) is 10.4. The van der Waals surface area contributed by atoms with E-state index in [9.17, 15) is 4.79 Å². The normalized spacial score (nSPS) is 17.6. The van der Waals surface area contributed by atoms with Crippen molar-refractivity contribution in [3.63, 3.8) is 0 Å². The van der Waals surface area contributed by atoms with Crippen LogP contribution in [-0.2, 0) is 4.79 Å². The Labute approximate surface area is 201 Å². The maximum atomic E-state index is 12.7. The Hall–Kier alpha value is -3.02. The first-order chi connectivity index (χ1) is 16.6. The molecule has 0 amide bonds. The Kier molecular flexibility index (Phi) is 6.75. The van der Waals surface area contributed by atoms with E-state index in [-0.39, 0.29) is 11.9 Å². The number of hydrogen-bond acceptors (Lipinski definition) is 5. The van der Waals surface area contributed by atoms with Gasteiger partial charge in [-0.05, 0) is 68.5 Å². The maximum absolute atomic E-state index is 12.7. The molecule has 0 radical (unpaired) electrons. The number of hydrogen-bond donors (Lipinski definition) is 1. The van der Waals surface area contributed by atoms with E-state index in [1.54, 1.807) is 7.11 Å². The van der Waals surface area contributed by atoms with Crippen LogP contribution in [0.4, 0.5) is 5.82 Å². The zero-order valence-corrected chi connectivity index (χ0v) is 20.3. The van der Waals surface area contributed by atoms with Gasteiger partial charge in [0.25, 0.3) is 0 Å². The van der Waals surface area contributed by atoms with E-state index in [1.807, 2.05) is 18.2 Å². The lowest BCUT2D eigenvalue weighted by Crippen LogP contribution is -2.23. The Morgan fingerprint density at radius 2 is 1.71 bits per heavy atom. The fourth-order valence-corrected chi connectivity index (χ4v) is 5.36. The molecule has 2 aromatic heterocycles. The molecule has 2 aliphatic rings. The standard InChI is InChI=1S/C28H35N3O3/c1-19-15-16-31-25(17-19)30-26(27(31)29-22-11-7-4-8-12-22)21-13-14-23(24(18-21)33-2)34-28(32)20-9-5-3-6-10-20/h13-18,20,22,29H,3-12H2,1-2H3. The van der Waals surface area contributed by atoms with Gasteiger partial charge in [-0.3, -0.25) is 9.20 Å². The third-order valence-corrected chi connectivity index (χ3v) is 7.31. The van der Waals surface area contributed by atoms with E-state index < -0.39 is 0 Å². The van der Waals surface area contributed by atoms with E-state index >= 15 is 0 Å². The van der Waals surface area contributed by atoms with Gasteiger partial charge in [0.05, 0.1) is 13.0 Å². The third-order valence-electron chi connectivity index (χ3n) is 7.31. The van der Waals surface area contributed by atoms with Gasteiger partial charge >= 0.3 is 5.97 Å². The SMILES string of the molecule is COc1cc(-c2nc3cc(C)ccn3c2NC2CCCCC2)ccc1OC(=O)C1CCCCC1. The second-order valence-corrected chi connectivity index (χ2v) is 9.84. The van der Waals surface area contributed by atoms with Crippen LogP contribution in [0.2, 0.25) is 0 Å². The molecule has 2 heterocycles. The van der Waals surface area contributed by atoms with Gasteiger partial charge in [-0.2, -0.15) is 0 Å². The quantitative estimate of drug-likeness (QED) is 0.333. The van der Waals surface area contributed by atoms with Crippen LogP contribution in [-0.4, -0.2) is 28.5 Å². The molecule has 1 N–H and O–H groups in total. The number of nitrogens with zero attached hydrogens (tertiary/aromatic N) is 2. The highest BCUT2D eigenvalue weighted by Crippen LogP contribution is 2.37. The highest BCUT2D eigenvalue weighted by molar-refractivity contribution is 5.80. The number of pyridine rings is 1. The van der Waals surface area contributed by atoms with Crippen LogP contribution in [0.5, 0.6) is 11.5 Å². The van der Waals surface area contributed by atoms with Crippen LogP contribution in [0.25, 0.3) is 16.9 Å². The lowest BCUT2D eigenvalue weighted by molar-refractivity contribution is -0.140. The maximum Gasteiger partial charge on any atom is 0.314 e. The van der Waals surface area contributed by atoms with E-state index in [4.69, 9.17) is 14.5 Å². The fraction of sp³-hybridized carbons (Fsp3) is 0.500. The predicted octanol–water partition coefficient (Wildman–Crippen LogP) is 6.55. The molecule has 5 rings (SSSR count). The van der Waals surface area contributed by atoms with Crippen LogP contribution < -0.4 is 14.8 Å². The Balaban J connectivity index is 1.47. The Bertz CT molecular complexity index is 1160. The van der Waals surface area contributed by atoms with Crippen LogP contribution in [0.15, 0.2) is 36.5 Å². The highest BCUT2D eigenvalue weighted by atomic mass is 16.6. The van der Waals surface area contributed by atoms with E-state index in [0.29, 0.717) is 17.5 Å². The van der Waals surface area contributed by atoms with Gasteiger partial charge in [0, 0.05) is 17.8 Å². The monoisotopic (exact) mass is 461 g/mol. The molecule has 1 aromatic carbocycles. The number of esters is 1. The molecule has 180 valence electrons. The van der Waals surface area contributed by atoms with Crippen LogP contribution in [0.1, 0.15) is 69.8 Å². The highest BCUT2D eigenvalue weighted by Gasteiger charge is 2.25. The molecule has 2 fully saturated rings. The van der Waals surface area contributed by atoms with Crippen LogP contribution in [0.3, 0.4) is 0 Å². The molecule has 2 aliphatic carbocycles. The van der Waals surface area contributed by atoms with Crippen molar-refractivity contribution in [3.05, 3.63) is 42.1 Å². The van der Waals surface area contributed by atoms with Gasteiger partial charge in [-0.1, -0.05) is 38.5 Å². The van der Waals surface area contributed by atoms with Gasteiger partial charge in [0.1, 0.15) is 17.2 Å². The minimum atomic E-state index is -0.145. The number of aryl methyl sites for hydroxylation is 1. The zero-order chi connectivity index (χ0) is 23.5. The molecule has 3 aromatic rings. The second-order valence-electron chi connectivity index (χ2n) is 9.84. The van der Waals surface area contributed by atoms with Crippen molar-refractivity contribution in [3.8, 4) is 22.8 Å². The first-order valence-corrected chi connectivity index (χ1v) is 12.8. The van der Waals surface area contributed by atoms with Gasteiger partial charge < -0.3 is 14.8 Å². The Morgan fingerprint density at radius 3 is 2.44 bits per heavy atom. The molecule has 0 spiro atoms. The number of ether oxygens (including phenoxy) is 2. The number of imidazole rings is 1. The lowest BCUT2D eigenvalue weighted by atomic mass is 9.89. The van der Waals surface area contributed by atoms with Crippen molar-refractivity contribution in [1.29, 1.82) is 0 Å². The van der Waals surface area contributed by atoms with Gasteiger partial charge in [0.15, 0.2) is 11.5 Å². The van der Waals surface area contributed by atoms with Gasteiger partial charge in [0.2, 0.25) is 0 Å². The molecule has 0 bridgehead atoms. The summed E-state index contributed by atoms with van der Waals surface area (Å²) in [5.74, 6) is 1.89. The van der Waals surface area contributed by atoms with Crippen molar-refractivity contribution < 1.29 is 14.3 Å². The van der Waals surface area contributed by atoms with Gasteiger partial charge in [-0.25, -0.2) is 4.98 Å². The molecule has 2 saturated carbocycles. The topological polar surface area (TPSA) is 64.9 Å². The number of rotatable bonds is 6. The van der Waals surface area contributed by atoms with Crippen LogP contribution in [0, 0.1) is 12.8 Å². The molecule has 6 heteroatoms. The number of methoxy groups -OCH3 is 1. The molecule has 6 nitrogen and oxygen atoms in total. The van der Waals surface area contributed by atoms with E-state index in [1.165, 1.54) is 44.1 Å². The van der Waals surface area contributed by atoms with Crippen molar-refractivity contribution in [2.24, 2.45) is 5.92 Å². The number of aromatic nitrogens is 2. The zero-order valence-electron chi connectivity index (χ0n) is 20.3. The smallest absolute Gasteiger partial charge is 0.314 e. The average Bonchev–Trinajstić information content (AvgIpc) is 3.22. The molecule has 0 atom stereocenters. The summed E-state index contributed by atoms with van der Waals surface area (Å²) in [5.41, 5.74) is 3.92. The summed E-state index contributed by atoms with van der Waals surface area (Å²) in [7, 11) is 1.62. The first-order valence-electron chi connectivity index (χ1n) is 12.8. The summed E-state index contributed by atoms with van der Waals surface area (Å²) in [4.78, 5) is 17.7. The van der Waals surface area contributed by atoms with Crippen molar-refractivity contribution in [2.45, 2.75) is 77.2 Å². The average molecular weight is 462 g/mol. The number of anilines is 1. The minimum absolute atomic E-state index is 0.00823. The van der Waals surface area contributed by atoms with Crippen molar-refractivity contribution >= 4 is 17.4 Å². The second kappa shape index (κ2) is 10.1. The van der Waals surface area contributed by atoms with Crippen molar-refractivity contribution in [2.75, 3.05) is 12.4 Å². The summed E-state index contributed by atoms with van der Waals surface area (Å²) in [6.45, 7) is 2.08. The predicted molar refractivity (Wildman–Crippen MR) is 135 cm³/mol. The summed E-state index contributed by atoms with van der Waals surface area (Å²) in [6.07, 6.45) is 13.5. The number of benzene rings is 1. The largest absolute Gasteiger partial charge is 0.493 e. The first kappa shape index (κ1) is 22.8. The summed E-state index contributed by atoms with van der Waals surface area (Å²) >= 11 is 0. The van der Waals surface area contributed by atoms with E-state index in [0.717, 1.165) is 48.4 Å². The summed E-state index contributed by atoms with van der Waals surface area (Å²) < 4.78 is 13.6. The molecular weight excluding hydrogens is 426 g/mol. The molecule has 0 aliphatic heterocycles. The third kappa shape index (κ3) is 4.77. The number of nitrogens with one attached hydrogen (secondary N) is 1. The molecule has 34 heavy (non-hydrogen) atoms. The molecule has 0 unspecified atom stereocenters. The molecule has 0 saturated heterocycles. The Morgan fingerprint density at radius 1 is 0.971 bits per heavy atom. The summed E-state index contributed by atoms with van der Waals surface area (Å²) in [5, 5.41) is 3.79. The van der Waals surface area contributed by atoms with E-state index in [2.05, 4.69) is 35.0 Å². The van der Waals surface area contributed by atoms with Crippen molar-refractivity contribution in [1.82, 2.24) is 9.38 Å². The number of carbonyl (C=O) groups excluding carboxylic acids is 1. The lowest BCUT2D eigenvalue weighted by Gasteiger charge is -2.24. The molecular formula is C28H35N3O3. The fourth-order valence-electron chi connectivity index (χ4n) is 5.36.